The van der Waals surface area contributed by atoms with Gasteiger partial charge in [-0.2, -0.15) is 21.4 Å². The zero-order valence-electron chi connectivity index (χ0n) is 28.7. The molecule has 15 heteroatoms. The molecule has 0 aromatic heterocycles. The van der Waals surface area contributed by atoms with Gasteiger partial charge in [0.2, 0.25) is 5.69 Å². The fourth-order valence-electron chi connectivity index (χ4n) is 6.96. The Morgan fingerprint density at radius 2 is 1.48 bits per heavy atom. The Labute approximate surface area is 292 Å². The molecule has 1 saturated heterocycles. The number of carbonyl (C=O) groups is 3. The van der Waals surface area contributed by atoms with E-state index in [-0.39, 0.29) is 29.1 Å². The molecule has 50 heavy (non-hydrogen) atoms. The van der Waals surface area contributed by atoms with Crippen molar-refractivity contribution in [2.75, 3.05) is 18.0 Å². The molecule has 2 aromatic rings. The monoisotopic (exact) mass is 728 g/mol. The highest BCUT2D eigenvalue weighted by Gasteiger charge is 2.45. The van der Waals surface area contributed by atoms with Crippen LogP contribution in [-0.4, -0.2) is 72.2 Å². The summed E-state index contributed by atoms with van der Waals surface area (Å²) >= 11 is 0. The van der Waals surface area contributed by atoms with E-state index >= 15 is 0 Å². The molecule has 2 aromatic carbocycles. The van der Waals surface area contributed by atoms with Crippen LogP contribution < -0.4 is 4.90 Å². The van der Waals surface area contributed by atoms with E-state index in [1.165, 1.54) is 24.3 Å². The Kier molecular flexibility index (Phi) is 10.0. The van der Waals surface area contributed by atoms with Crippen molar-refractivity contribution < 1.29 is 49.7 Å². The fraction of sp³-hybridized carbons (Fsp3) is 0.429. The van der Waals surface area contributed by atoms with Crippen molar-refractivity contribution >= 4 is 55.1 Å². The first-order chi connectivity index (χ1) is 23.3. The van der Waals surface area contributed by atoms with E-state index in [2.05, 4.69) is 9.48 Å². The SMILES string of the molecule is CCN1C(=CC=CC2=[N+](CCCCCC(=O)ON3C(=O)CCC3=O)c3ccc(S(=O)(=O)O)cc3C2(C)C)C(C)(C)c2cc(S(=O)(=O)O)ccc21. The Morgan fingerprint density at radius 3 is 2.08 bits per heavy atom. The predicted molar refractivity (Wildman–Crippen MR) is 184 cm³/mol. The van der Waals surface area contributed by atoms with Gasteiger partial charge in [-0.25, -0.2) is 4.79 Å². The van der Waals surface area contributed by atoms with Gasteiger partial charge in [-0.1, -0.05) is 19.9 Å². The van der Waals surface area contributed by atoms with Crippen molar-refractivity contribution in [3.63, 3.8) is 0 Å². The van der Waals surface area contributed by atoms with Crippen LogP contribution in [0.3, 0.4) is 0 Å². The van der Waals surface area contributed by atoms with Gasteiger partial charge in [-0.05, 0) is 75.6 Å². The number of benzene rings is 2. The normalized spacial score (nSPS) is 19.2. The third kappa shape index (κ3) is 7.04. The number of allylic oxidation sites excluding steroid dienone is 4. The van der Waals surface area contributed by atoms with E-state index in [4.69, 9.17) is 4.84 Å². The number of unbranched alkanes of at least 4 members (excludes halogenated alkanes) is 2. The van der Waals surface area contributed by atoms with Crippen LogP contribution in [0, 0.1) is 0 Å². The number of amides is 2. The van der Waals surface area contributed by atoms with Crippen molar-refractivity contribution in [2.45, 2.75) is 93.8 Å². The third-order valence-electron chi connectivity index (χ3n) is 9.61. The molecule has 268 valence electrons. The Bertz CT molecular complexity index is 2060. The fourth-order valence-corrected chi connectivity index (χ4v) is 7.98. The Morgan fingerprint density at radius 1 is 0.880 bits per heavy atom. The zero-order chi connectivity index (χ0) is 36.8. The molecule has 13 nitrogen and oxygen atoms in total. The molecule has 3 heterocycles. The summed E-state index contributed by atoms with van der Waals surface area (Å²) in [4.78, 5) is 42.4. The number of anilines is 1. The van der Waals surface area contributed by atoms with E-state index in [1.807, 2.05) is 52.8 Å². The van der Waals surface area contributed by atoms with Crippen molar-refractivity contribution in [1.82, 2.24) is 5.06 Å². The van der Waals surface area contributed by atoms with Crippen LogP contribution in [0.2, 0.25) is 0 Å². The molecule has 5 rings (SSSR count). The van der Waals surface area contributed by atoms with Crippen LogP contribution in [0.1, 0.15) is 84.3 Å². The molecule has 0 aliphatic carbocycles. The maximum atomic E-state index is 12.3. The van der Waals surface area contributed by atoms with E-state index < -0.39 is 48.8 Å². The first kappa shape index (κ1) is 37.1. The third-order valence-corrected chi connectivity index (χ3v) is 11.3. The molecule has 0 spiro atoms. The molecule has 0 unspecified atom stereocenters. The molecule has 3 aliphatic rings. The van der Waals surface area contributed by atoms with E-state index in [0.717, 1.165) is 28.3 Å². The lowest BCUT2D eigenvalue weighted by Crippen LogP contribution is -2.31. The smallest absolute Gasteiger partial charge is 0.333 e. The summed E-state index contributed by atoms with van der Waals surface area (Å²) in [5.74, 6) is -1.72. The van der Waals surface area contributed by atoms with Crippen LogP contribution in [0.4, 0.5) is 11.4 Å². The number of nitrogens with zero attached hydrogens (tertiary/aromatic N) is 3. The van der Waals surface area contributed by atoms with Crippen molar-refractivity contribution in [2.24, 2.45) is 0 Å². The first-order valence-electron chi connectivity index (χ1n) is 16.4. The van der Waals surface area contributed by atoms with Crippen LogP contribution in [-0.2, 0) is 50.3 Å². The second kappa shape index (κ2) is 13.5. The number of likely N-dealkylation sites (N-methyl/N-ethyl adjacent to an activating group) is 1. The predicted octanol–water partition coefficient (Wildman–Crippen LogP) is 4.98. The highest BCUT2D eigenvalue weighted by molar-refractivity contribution is 7.86. The minimum absolute atomic E-state index is 0.0239. The summed E-state index contributed by atoms with van der Waals surface area (Å²) in [5.41, 5.74) is 3.60. The summed E-state index contributed by atoms with van der Waals surface area (Å²) in [7, 11) is -8.84. The quantitative estimate of drug-likeness (QED) is 0.130. The van der Waals surface area contributed by atoms with Crippen molar-refractivity contribution in [3.05, 3.63) is 71.5 Å². The van der Waals surface area contributed by atoms with E-state index in [1.54, 1.807) is 12.1 Å². The van der Waals surface area contributed by atoms with Crippen molar-refractivity contribution in [1.29, 1.82) is 0 Å². The molecule has 3 aliphatic heterocycles. The number of hydrogen-bond donors (Lipinski definition) is 2. The van der Waals surface area contributed by atoms with Gasteiger partial charge in [-0.15, -0.1) is 5.06 Å². The topological polar surface area (TPSA) is 179 Å². The van der Waals surface area contributed by atoms with Crippen LogP contribution in [0.15, 0.2) is 70.1 Å². The molecule has 0 bridgehead atoms. The van der Waals surface area contributed by atoms with Crippen LogP contribution >= 0.6 is 0 Å². The van der Waals surface area contributed by atoms with Crippen LogP contribution in [0.25, 0.3) is 0 Å². The van der Waals surface area contributed by atoms with Crippen LogP contribution in [0.5, 0.6) is 0 Å². The van der Waals surface area contributed by atoms with Crippen molar-refractivity contribution in [3.8, 4) is 0 Å². The van der Waals surface area contributed by atoms with Gasteiger partial charge in [0, 0.05) is 66.7 Å². The largest absolute Gasteiger partial charge is 0.344 e. The molecule has 2 N–H and O–H groups in total. The maximum absolute atomic E-state index is 12.3. The lowest BCUT2D eigenvalue weighted by molar-refractivity contribution is -0.438. The van der Waals surface area contributed by atoms with Gasteiger partial charge >= 0.3 is 5.97 Å². The number of hydrogen-bond acceptors (Lipinski definition) is 9. The molecule has 0 atom stereocenters. The number of fused-ring (bicyclic) bond motifs is 2. The standard InChI is InChI=1S/C35H41N3O10S2/c1-6-36-27-16-14-23(49(42,43)44)21-25(27)34(2,3)29(36)11-10-12-30-35(4,5)26-22-24(50(45,46)47)15-17-28(26)37(30)20-9-7-8-13-33(41)48-38-31(39)18-19-32(38)40/h10-12,14-17,21-22H,6-9,13,18-20H2,1-5H3,(H-,42,43,44,45,46,47)/p+1. The molecule has 0 radical (unpaired) electrons. The molecule has 2 amide bonds. The van der Waals surface area contributed by atoms with Gasteiger partial charge in [0.25, 0.3) is 32.1 Å². The van der Waals surface area contributed by atoms with Gasteiger partial charge < -0.3 is 9.74 Å². The second-order valence-electron chi connectivity index (χ2n) is 13.6. The second-order valence-corrected chi connectivity index (χ2v) is 16.4. The molecular formula is C35H42N3O10S2+. The minimum atomic E-state index is -4.45. The van der Waals surface area contributed by atoms with Gasteiger partial charge in [0.1, 0.15) is 6.54 Å². The van der Waals surface area contributed by atoms with E-state index in [0.29, 0.717) is 43.0 Å². The van der Waals surface area contributed by atoms with Gasteiger partial charge in [0.15, 0.2) is 5.71 Å². The number of carbonyl (C=O) groups excluding carboxylic acids is 3. The lowest BCUT2D eigenvalue weighted by atomic mass is 9.81. The molecule has 1 fully saturated rings. The number of hydroxylamine groups is 2. The summed E-state index contributed by atoms with van der Waals surface area (Å²) in [6.07, 6.45) is 7.63. The van der Waals surface area contributed by atoms with E-state index in [9.17, 15) is 40.3 Å². The minimum Gasteiger partial charge on any atom is -0.344 e. The summed E-state index contributed by atoms with van der Waals surface area (Å²) in [6, 6.07) is 9.10. The Hall–Kier alpha value is -4.18. The van der Waals surface area contributed by atoms with Gasteiger partial charge in [-0.3, -0.25) is 18.7 Å². The highest BCUT2D eigenvalue weighted by Crippen LogP contribution is 2.48. The lowest BCUT2D eigenvalue weighted by Gasteiger charge is -2.25. The summed E-state index contributed by atoms with van der Waals surface area (Å²) in [5, 5.41) is 0.539. The zero-order valence-corrected chi connectivity index (χ0v) is 30.3. The molecule has 0 saturated carbocycles. The first-order valence-corrected chi connectivity index (χ1v) is 19.3. The summed E-state index contributed by atoms with van der Waals surface area (Å²) in [6.45, 7) is 11.0. The average molecular weight is 729 g/mol. The highest BCUT2D eigenvalue weighted by atomic mass is 32.2. The Balaban J connectivity index is 1.41. The average Bonchev–Trinajstić information content (AvgIpc) is 3.54. The van der Waals surface area contributed by atoms with Gasteiger partial charge in [0.05, 0.1) is 15.2 Å². The maximum Gasteiger partial charge on any atom is 0.333 e. The number of imide groups is 1. The molecular weight excluding hydrogens is 687 g/mol. The number of rotatable bonds is 12. The summed E-state index contributed by atoms with van der Waals surface area (Å²) < 4.78 is 69.4.